The van der Waals surface area contributed by atoms with Gasteiger partial charge in [-0.1, -0.05) is 6.92 Å². The molecule has 2 atom stereocenters. The summed E-state index contributed by atoms with van der Waals surface area (Å²) in [4.78, 5) is 16.3. The number of nitrogens with zero attached hydrogens (tertiary/aromatic N) is 2. The van der Waals surface area contributed by atoms with Crippen molar-refractivity contribution in [2.75, 3.05) is 32.7 Å². The molecule has 0 radical (unpaired) electrons. The highest BCUT2D eigenvalue weighted by molar-refractivity contribution is 7.87. The first kappa shape index (κ1) is 16.5. The van der Waals surface area contributed by atoms with Gasteiger partial charge in [0.15, 0.2) is 0 Å². The monoisotopic (exact) mass is 318 g/mol. The first-order valence-electron chi connectivity index (χ1n) is 7.66. The van der Waals surface area contributed by atoms with Gasteiger partial charge >= 0.3 is 6.03 Å². The molecule has 3 N–H and O–H groups in total. The summed E-state index contributed by atoms with van der Waals surface area (Å²) in [6, 6.07) is 0.0989. The van der Waals surface area contributed by atoms with E-state index in [0.717, 1.165) is 38.9 Å². The number of likely N-dealkylation sites (tertiary alicyclic amines) is 2. The molecule has 0 aromatic heterocycles. The van der Waals surface area contributed by atoms with Gasteiger partial charge in [0.2, 0.25) is 0 Å². The normalized spacial score (nSPS) is 27.7. The van der Waals surface area contributed by atoms with Crippen LogP contribution in [0.3, 0.4) is 0 Å². The SMILES string of the molecule is CC1CCCN(C(=O)N2CCCC(CNS(N)(=O)=O)C2)C1. The van der Waals surface area contributed by atoms with Gasteiger partial charge in [-0.3, -0.25) is 0 Å². The summed E-state index contributed by atoms with van der Waals surface area (Å²) in [5.74, 6) is 0.704. The van der Waals surface area contributed by atoms with Gasteiger partial charge in [0.05, 0.1) is 0 Å². The molecular formula is C13H26N4O3S. The molecule has 0 bridgehead atoms. The van der Waals surface area contributed by atoms with Crippen molar-refractivity contribution < 1.29 is 13.2 Å². The second kappa shape index (κ2) is 6.93. The molecule has 0 aliphatic carbocycles. The number of carbonyl (C=O) groups excluding carboxylic acids is 1. The standard InChI is InChI=1S/C13H26N4O3S/c1-11-4-2-6-16(9-11)13(18)17-7-3-5-12(10-17)8-15-21(14,19)20/h11-12,15H,2-10H2,1H3,(H2,14,19,20). The molecule has 0 spiro atoms. The van der Waals surface area contributed by atoms with E-state index in [-0.39, 0.29) is 11.9 Å². The van der Waals surface area contributed by atoms with Crippen LogP contribution in [0.1, 0.15) is 32.6 Å². The van der Waals surface area contributed by atoms with Crippen LogP contribution in [0.2, 0.25) is 0 Å². The van der Waals surface area contributed by atoms with Crippen LogP contribution in [0.5, 0.6) is 0 Å². The van der Waals surface area contributed by atoms with Crippen molar-refractivity contribution in [3.63, 3.8) is 0 Å². The van der Waals surface area contributed by atoms with E-state index >= 15 is 0 Å². The molecule has 2 unspecified atom stereocenters. The maximum absolute atomic E-state index is 12.5. The van der Waals surface area contributed by atoms with E-state index in [9.17, 15) is 13.2 Å². The minimum absolute atomic E-state index is 0.0989. The van der Waals surface area contributed by atoms with Crippen molar-refractivity contribution in [3.05, 3.63) is 0 Å². The number of hydrogen-bond donors (Lipinski definition) is 2. The van der Waals surface area contributed by atoms with Gasteiger partial charge in [-0.05, 0) is 37.5 Å². The van der Waals surface area contributed by atoms with Crippen LogP contribution >= 0.6 is 0 Å². The lowest BCUT2D eigenvalue weighted by atomic mass is 9.98. The van der Waals surface area contributed by atoms with Crippen molar-refractivity contribution in [1.29, 1.82) is 0 Å². The third-order valence-electron chi connectivity index (χ3n) is 4.29. The van der Waals surface area contributed by atoms with Crippen LogP contribution in [0.25, 0.3) is 0 Å². The van der Waals surface area contributed by atoms with E-state index < -0.39 is 10.2 Å². The van der Waals surface area contributed by atoms with E-state index in [0.29, 0.717) is 19.0 Å². The van der Waals surface area contributed by atoms with Gasteiger partial charge in [-0.25, -0.2) is 14.7 Å². The summed E-state index contributed by atoms with van der Waals surface area (Å²) in [7, 11) is -3.65. The quantitative estimate of drug-likeness (QED) is 0.785. The van der Waals surface area contributed by atoms with Gasteiger partial charge in [-0.15, -0.1) is 0 Å². The van der Waals surface area contributed by atoms with E-state index in [1.807, 2.05) is 9.80 Å². The van der Waals surface area contributed by atoms with E-state index in [2.05, 4.69) is 11.6 Å². The Morgan fingerprint density at radius 2 is 1.81 bits per heavy atom. The highest BCUT2D eigenvalue weighted by Gasteiger charge is 2.29. The summed E-state index contributed by atoms with van der Waals surface area (Å²) < 4.78 is 24.2. The number of rotatable bonds is 3. The zero-order valence-electron chi connectivity index (χ0n) is 12.6. The third-order valence-corrected chi connectivity index (χ3v) is 4.86. The summed E-state index contributed by atoms with van der Waals surface area (Å²) in [5.41, 5.74) is 0. The van der Waals surface area contributed by atoms with Crippen LogP contribution in [0.4, 0.5) is 4.79 Å². The summed E-state index contributed by atoms with van der Waals surface area (Å²) in [5, 5.41) is 4.95. The largest absolute Gasteiger partial charge is 0.324 e. The van der Waals surface area contributed by atoms with Gasteiger partial charge < -0.3 is 9.80 Å². The number of piperidine rings is 2. The molecule has 122 valence electrons. The molecule has 2 rings (SSSR count). The number of carbonyl (C=O) groups is 1. The summed E-state index contributed by atoms with van der Waals surface area (Å²) >= 11 is 0. The second-order valence-corrected chi connectivity index (χ2v) is 7.70. The van der Waals surface area contributed by atoms with Crippen molar-refractivity contribution in [2.45, 2.75) is 32.6 Å². The molecule has 2 aliphatic heterocycles. The first-order chi connectivity index (χ1) is 9.85. The zero-order chi connectivity index (χ0) is 15.5. The minimum atomic E-state index is -3.65. The summed E-state index contributed by atoms with van der Waals surface area (Å²) in [6.07, 6.45) is 4.08. The van der Waals surface area contributed by atoms with Crippen molar-refractivity contribution in [3.8, 4) is 0 Å². The Bertz CT molecular complexity index is 468. The number of urea groups is 1. The molecule has 21 heavy (non-hydrogen) atoms. The Labute approximate surface area is 127 Å². The second-order valence-electron chi connectivity index (χ2n) is 6.32. The Balaban J connectivity index is 1.86. The van der Waals surface area contributed by atoms with E-state index in [1.165, 1.54) is 6.42 Å². The fraction of sp³-hybridized carbons (Fsp3) is 0.923. The molecule has 0 saturated carbocycles. The van der Waals surface area contributed by atoms with Gasteiger partial charge in [-0.2, -0.15) is 8.42 Å². The zero-order valence-corrected chi connectivity index (χ0v) is 13.4. The molecule has 2 saturated heterocycles. The van der Waals surface area contributed by atoms with Crippen LogP contribution < -0.4 is 9.86 Å². The maximum atomic E-state index is 12.5. The molecule has 8 heteroatoms. The fourth-order valence-electron chi connectivity index (χ4n) is 3.20. The predicted octanol–water partition coefficient (Wildman–Crippen LogP) is 0.343. The predicted molar refractivity (Wildman–Crippen MR) is 80.8 cm³/mol. The highest BCUT2D eigenvalue weighted by atomic mass is 32.2. The van der Waals surface area contributed by atoms with Crippen LogP contribution in [-0.2, 0) is 10.2 Å². The summed E-state index contributed by atoms with van der Waals surface area (Å²) in [6.45, 7) is 5.50. The molecule has 2 amide bonds. The maximum Gasteiger partial charge on any atom is 0.320 e. The molecule has 2 aliphatic rings. The van der Waals surface area contributed by atoms with Gasteiger partial charge in [0.1, 0.15) is 0 Å². The molecular weight excluding hydrogens is 292 g/mol. The highest BCUT2D eigenvalue weighted by Crippen LogP contribution is 2.21. The molecule has 0 aromatic rings. The Morgan fingerprint density at radius 1 is 1.19 bits per heavy atom. The lowest BCUT2D eigenvalue weighted by Gasteiger charge is -2.39. The average Bonchev–Trinajstić information content (AvgIpc) is 2.44. The number of nitrogens with two attached hydrogens (primary N) is 1. The van der Waals surface area contributed by atoms with Gasteiger partial charge in [0.25, 0.3) is 10.2 Å². The topological polar surface area (TPSA) is 95.7 Å². The van der Waals surface area contributed by atoms with E-state index in [1.54, 1.807) is 0 Å². The average molecular weight is 318 g/mol. The van der Waals surface area contributed by atoms with Crippen LogP contribution in [0.15, 0.2) is 0 Å². The van der Waals surface area contributed by atoms with Crippen molar-refractivity contribution in [2.24, 2.45) is 17.0 Å². The van der Waals surface area contributed by atoms with Crippen molar-refractivity contribution in [1.82, 2.24) is 14.5 Å². The molecule has 7 nitrogen and oxygen atoms in total. The van der Waals surface area contributed by atoms with Crippen molar-refractivity contribution >= 4 is 16.2 Å². The fourth-order valence-corrected chi connectivity index (χ4v) is 3.67. The Hall–Kier alpha value is -0.860. The van der Waals surface area contributed by atoms with Gasteiger partial charge in [0, 0.05) is 32.7 Å². The number of hydrogen-bond acceptors (Lipinski definition) is 3. The molecule has 2 heterocycles. The van der Waals surface area contributed by atoms with E-state index in [4.69, 9.17) is 5.14 Å². The lowest BCUT2D eigenvalue weighted by molar-refractivity contribution is 0.112. The number of amides is 2. The lowest BCUT2D eigenvalue weighted by Crippen LogP contribution is -2.51. The first-order valence-corrected chi connectivity index (χ1v) is 9.21. The Kier molecular flexibility index (Phi) is 5.45. The smallest absolute Gasteiger partial charge is 0.320 e. The molecule has 2 fully saturated rings. The minimum Gasteiger partial charge on any atom is -0.324 e. The Morgan fingerprint density at radius 3 is 2.43 bits per heavy atom. The van der Waals surface area contributed by atoms with Crippen LogP contribution in [0, 0.1) is 11.8 Å². The third kappa shape index (κ3) is 5.12. The van der Waals surface area contributed by atoms with Crippen LogP contribution in [-0.4, -0.2) is 57.0 Å². The number of nitrogens with one attached hydrogen (secondary N) is 1. The molecule has 0 aromatic carbocycles.